The van der Waals surface area contributed by atoms with Crippen LogP contribution in [0.5, 0.6) is 11.5 Å². The van der Waals surface area contributed by atoms with Crippen LogP contribution in [0.3, 0.4) is 0 Å². The van der Waals surface area contributed by atoms with Crippen molar-refractivity contribution < 1.29 is 28.5 Å². The summed E-state index contributed by atoms with van der Waals surface area (Å²) in [5.41, 5.74) is 5.33. The summed E-state index contributed by atoms with van der Waals surface area (Å²) in [6, 6.07) is 20.8. The maximum absolute atomic E-state index is 12.7. The zero-order valence-corrected chi connectivity index (χ0v) is 19.9. The van der Waals surface area contributed by atoms with E-state index in [9.17, 15) is 9.59 Å². The molecule has 3 aromatic rings. The Balaban J connectivity index is 1.26. The molecule has 180 valence electrons. The lowest BCUT2D eigenvalue weighted by Crippen LogP contribution is -2.43. The van der Waals surface area contributed by atoms with E-state index in [2.05, 4.69) is 29.6 Å². The van der Waals surface area contributed by atoms with Crippen molar-refractivity contribution in [2.75, 3.05) is 13.7 Å². The summed E-state index contributed by atoms with van der Waals surface area (Å²) in [5.74, 6) is -0.143. The molecule has 0 spiro atoms. The molecule has 7 nitrogen and oxygen atoms in total. The monoisotopic (exact) mass is 473 g/mol. The van der Waals surface area contributed by atoms with E-state index in [1.165, 1.54) is 7.11 Å². The maximum atomic E-state index is 12.7. The second-order valence-electron chi connectivity index (χ2n) is 9.13. The van der Waals surface area contributed by atoms with Gasteiger partial charge in [-0.2, -0.15) is 0 Å². The molecule has 0 radical (unpaired) electrons. The van der Waals surface area contributed by atoms with Gasteiger partial charge in [0.1, 0.15) is 12.6 Å². The number of alkyl carbamates (subject to hydrolysis) is 1. The lowest BCUT2D eigenvalue weighted by Gasteiger charge is -2.19. The van der Waals surface area contributed by atoms with Gasteiger partial charge in [-0.25, -0.2) is 9.59 Å². The number of benzene rings is 3. The molecular weight excluding hydrogens is 446 g/mol. The van der Waals surface area contributed by atoms with Gasteiger partial charge in [-0.15, -0.1) is 0 Å². The first-order chi connectivity index (χ1) is 16.8. The van der Waals surface area contributed by atoms with Crippen LogP contribution in [0.4, 0.5) is 4.79 Å². The van der Waals surface area contributed by atoms with Crippen molar-refractivity contribution in [2.24, 2.45) is 0 Å². The highest BCUT2D eigenvalue weighted by atomic mass is 16.7. The maximum Gasteiger partial charge on any atom is 0.407 e. The van der Waals surface area contributed by atoms with E-state index < -0.39 is 23.9 Å². The number of hydrogen-bond donors (Lipinski definition) is 1. The van der Waals surface area contributed by atoms with Crippen LogP contribution in [-0.2, 0) is 20.7 Å². The molecule has 1 amide bonds. The van der Waals surface area contributed by atoms with Gasteiger partial charge in [-0.1, -0.05) is 54.6 Å². The first kappa shape index (κ1) is 22.8. The molecule has 1 atom stereocenters. The van der Waals surface area contributed by atoms with Crippen LogP contribution in [-0.4, -0.2) is 37.6 Å². The van der Waals surface area contributed by atoms with Crippen LogP contribution in [0.2, 0.25) is 0 Å². The van der Waals surface area contributed by atoms with Gasteiger partial charge in [-0.05, 0) is 39.9 Å². The van der Waals surface area contributed by atoms with E-state index in [1.54, 1.807) is 12.1 Å². The van der Waals surface area contributed by atoms with Crippen molar-refractivity contribution >= 4 is 12.1 Å². The Hall–Kier alpha value is -4.00. The van der Waals surface area contributed by atoms with Gasteiger partial charge in [0.25, 0.3) is 0 Å². The summed E-state index contributed by atoms with van der Waals surface area (Å²) in [5, 5.41) is 2.66. The number of ether oxygens (including phenoxy) is 4. The zero-order valence-electron chi connectivity index (χ0n) is 19.9. The third-order valence-electron chi connectivity index (χ3n) is 6.28. The molecule has 1 aliphatic heterocycles. The fourth-order valence-electron chi connectivity index (χ4n) is 4.75. The average Bonchev–Trinajstić information content (AvgIpc) is 3.34. The Morgan fingerprint density at radius 1 is 0.943 bits per heavy atom. The Morgan fingerprint density at radius 3 is 2.23 bits per heavy atom. The standard InChI is InChI=1S/C28H27NO6/c1-28(2)34-24-13-12-17(15-25(24)35-28)14-23(26(30)32-3)29-27(31)33-16-22-20-10-6-4-8-18(20)19-9-5-7-11-21(19)22/h4-13,15,22-23H,14,16H2,1-3H3,(H,29,31)/t23-/m1/s1. The lowest BCUT2D eigenvalue weighted by atomic mass is 9.98. The fraction of sp³-hybridized carbons (Fsp3) is 0.286. The van der Waals surface area contributed by atoms with Crippen molar-refractivity contribution in [3.05, 3.63) is 83.4 Å². The number of fused-ring (bicyclic) bond motifs is 4. The molecule has 0 saturated heterocycles. The van der Waals surface area contributed by atoms with E-state index in [1.807, 2.05) is 44.2 Å². The molecule has 5 rings (SSSR count). The Bertz CT molecular complexity index is 1240. The van der Waals surface area contributed by atoms with Crippen LogP contribution in [0.25, 0.3) is 11.1 Å². The molecule has 0 fully saturated rings. The molecule has 2 aliphatic rings. The van der Waals surface area contributed by atoms with E-state index in [-0.39, 0.29) is 18.9 Å². The molecule has 7 heteroatoms. The largest absolute Gasteiger partial charge is 0.467 e. The molecule has 3 aromatic carbocycles. The fourth-order valence-corrected chi connectivity index (χ4v) is 4.75. The first-order valence-corrected chi connectivity index (χ1v) is 11.5. The predicted molar refractivity (Wildman–Crippen MR) is 129 cm³/mol. The second kappa shape index (κ2) is 8.98. The van der Waals surface area contributed by atoms with Crippen LogP contribution >= 0.6 is 0 Å². The highest BCUT2D eigenvalue weighted by Gasteiger charge is 2.33. The van der Waals surface area contributed by atoms with Crippen molar-refractivity contribution in [3.63, 3.8) is 0 Å². The number of nitrogens with one attached hydrogen (secondary N) is 1. The number of esters is 1. The van der Waals surface area contributed by atoms with Crippen molar-refractivity contribution in [1.29, 1.82) is 0 Å². The summed E-state index contributed by atoms with van der Waals surface area (Å²) in [4.78, 5) is 25.2. The molecule has 1 N–H and O–H groups in total. The van der Waals surface area contributed by atoms with Gasteiger partial charge in [-0.3, -0.25) is 0 Å². The van der Waals surface area contributed by atoms with Gasteiger partial charge >= 0.3 is 12.1 Å². The van der Waals surface area contributed by atoms with E-state index in [0.717, 1.165) is 27.8 Å². The quantitative estimate of drug-likeness (QED) is 0.517. The number of rotatable bonds is 6. The minimum atomic E-state index is -0.913. The number of amides is 1. The molecule has 0 aromatic heterocycles. The van der Waals surface area contributed by atoms with Gasteiger partial charge in [0, 0.05) is 26.2 Å². The summed E-state index contributed by atoms with van der Waals surface area (Å²) in [6.07, 6.45) is -0.461. The minimum absolute atomic E-state index is 0.0676. The SMILES string of the molecule is COC(=O)[C@@H](Cc1ccc2c(c1)OC(C)(C)O2)NC(=O)OCC1c2ccccc2-c2ccccc21. The molecule has 0 bridgehead atoms. The van der Waals surface area contributed by atoms with Gasteiger partial charge in [0.05, 0.1) is 7.11 Å². The summed E-state index contributed by atoms with van der Waals surface area (Å²) in [7, 11) is 1.29. The molecule has 0 unspecified atom stereocenters. The van der Waals surface area contributed by atoms with Crippen LogP contribution in [0.1, 0.15) is 36.5 Å². The van der Waals surface area contributed by atoms with Crippen molar-refractivity contribution in [2.45, 2.75) is 38.0 Å². The number of carbonyl (C=O) groups is 2. The van der Waals surface area contributed by atoms with E-state index in [0.29, 0.717) is 11.5 Å². The van der Waals surface area contributed by atoms with Crippen LogP contribution in [0.15, 0.2) is 66.7 Å². The average molecular weight is 474 g/mol. The molecule has 1 heterocycles. The second-order valence-corrected chi connectivity index (χ2v) is 9.13. The van der Waals surface area contributed by atoms with Gasteiger partial charge in [0.15, 0.2) is 11.5 Å². The molecule has 35 heavy (non-hydrogen) atoms. The third kappa shape index (κ3) is 4.54. The normalized spacial score (nSPS) is 15.6. The molecule has 1 aliphatic carbocycles. The topological polar surface area (TPSA) is 83.1 Å². The minimum Gasteiger partial charge on any atom is -0.467 e. The summed E-state index contributed by atoms with van der Waals surface area (Å²) >= 11 is 0. The smallest absolute Gasteiger partial charge is 0.407 e. The predicted octanol–water partition coefficient (Wildman–Crippen LogP) is 4.82. The number of methoxy groups -OCH3 is 1. The van der Waals surface area contributed by atoms with Crippen LogP contribution in [0, 0.1) is 0 Å². The van der Waals surface area contributed by atoms with Crippen LogP contribution < -0.4 is 14.8 Å². The summed E-state index contributed by atoms with van der Waals surface area (Å²) in [6.45, 7) is 3.80. The number of carbonyl (C=O) groups excluding carboxylic acids is 2. The Morgan fingerprint density at radius 2 is 1.57 bits per heavy atom. The molecule has 0 saturated carbocycles. The third-order valence-corrected chi connectivity index (χ3v) is 6.28. The lowest BCUT2D eigenvalue weighted by molar-refractivity contribution is -0.143. The van der Waals surface area contributed by atoms with Crippen molar-refractivity contribution in [3.8, 4) is 22.6 Å². The summed E-state index contributed by atoms with van der Waals surface area (Å²) < 4.78 is 22.0. The molecular formula is C28H27NO6. The highest BCUT2D eigenvalue weighted by molar-refractivity contribution is 5.82. The van der Waals surface area contributed by atoms with E-state index in [4.69, 9.17) is 18.9 Å². The van der Waals surface area contributed by atoms with Gasteiger partial charge in [0.2, 0.25) is 5.79 Å². The number of hydrogen-bond acceptors (Lipinski definition) is 6. The van der Waals surface area contributed by atoms with Gasteiger partial charge < -0.3 is 24.3 Å². The zero-order chi connectivity index (χ0) is 24.6. The highest BCUT2D eigenvalue weighted by Crippen LogP contribution is 2.44. The first-order valence-electron chi connectivity index (χ1n) is 11.5. The Labute approximate surface area is 204 Å². The Kier molecular flexibility index (Phi) is 5.84. The van der Waals surface area contributed by atoms with E-state index >= 15 is 0 Å². The van der Waals surface area contributed by atoms with Crippen molar-refractivity contribution in [1.82, 2.24) is 5.32 Å².